The van der Waals surface area contributed by atoms with Crippen LogP contribution in [0, 0.1) is 5.82 Å². The fourth-order valence-electron chi connectivity index (χ4n) is 1.51. The Labute approximate surface area is 104 Å². The Morgan fingerprint density at radius 3 is 2.78 bits per heavy atom. The molecule has 0 radical (unpaired) electrons. The molecule has 1 fully saturated rings. The Balaban J connectivity index is 1.98. The van der Waals surface area contributed by atoms with E-state index in [0.29, 0.717) is 5.69 Å². The molecule has 2 rings (SSSR count). The molecule has 96 valence electrons. The van der Waals surface area contributed by atoms with Crippen LogP contribution in [0.15, 0.2) is 28.4 Å². The molecule has 1 aliphatic carbocycles. The second-order valence-corrected chi connectivity index (χ2v) is 4.09. The van der Waals surface area contributed by atoms with Crippen LogP contribution in [0.1, 0.15) is 19.3 Å². The lowest BCUT2D eigenvalue weighted by Crippen LogP contribution is -2.27. The third kappa shape index (κ3) is 3.41. The van der Waals surface area contributed by atoms with Crippen LogP contribution in [0.4, 0.5) is 10.1 Å². The second-order valence-electron chi connectivity index (χ2n) is 4.09. The van der Waals surface area contributed by atoms with Crippen LogP contribution < -0.4 is 16.8 Å². The van der Waals surface area contributed by atoms with Gasteiger partial charge in [-0.2, -0.15) is 4.99 Å². The van der Waals surface area contributed by atoms with Crippen LogP contribution in [0.3, 0.4) is 0 Å². The summed E-state index contributed by atoms with van der Waals surface area (Å²) in [6.45, 7) is 0. The van der Waals surface area contributed by atoms with Gasteiger partial charge >= 0.3 is 0 Å². The first-order valence-electron chi connectivity index (χ1n) is 5.68. The van der Waals surface area contributed by atoms with Crippen molar-refractivity contribution >= 4 is 17.6 Å². The highest BCUT2D eigenvalue weighted by Crippen LogP contribution is 2.21. The van der Waals surface area contributed by atoms with E-state index in [0.717, 1.165) is 19.0 Å². The minimum Gasteiger partial charge on any atom is -0.369 e. The molecule has 5 N–H and O–H groups in total. The van der Waals surface area contributed by atoms with Crippen molar-refractivity contribution in [2.75, 3.05) is 5.32 Å². The summed E-state index contributed by atoms with van der Waals surface area (Å²) < 4.78 is 12.9. The number of hydrogen-bond acceptors (Lipinski definition) is 2. The number of aromatic nitrogens is 1. The van der Waals surface area contributed by atoms with E-state index >= 15 is 0 Å². The zero-order valence-corrected chi connectivity index (χ0v) is 9.81. The summed E-state index contributed by atoms with van der Waals surface area (Å²) in [6.07, 6.45) is 5.79. The van der Waals surface area contributed by atoms with Crippen molar-refractivity contribution in [2.24, 2.45) is 21.5 Å². The molecule has 0 spiro atoms. The van der Waals surface area contributed by atoms with E-state index in [1.807, 2.05) is 0 Å². The number of halogens is 1. The van der Waals surface area contributed by atoms with E-state index in [9.17, 15) is 4.39 Å². The highest BCUT2D eigenvalue weighted by atomic mass is 19.1. The van der Waals surface area contributed by atoms with Gasteiger partial charge in [0, 0.05) is 6.07 Å². The summed E-state index contributed by atoms with van der Waals surface area (Å²) in [5.74, 6) is -0.263. The maximum absolute atomic E-state index is 12.9. The third-order valence-electron chi connectivity index (χ3n) is 2.60. The maximum Gasteiger partial charge on any atom is 0.218 e. The van der Waals surface area contributed by atoms with Gasteiger partial charge in [-0.1, -0.05) is 0 Å². The summed E-state index contributed by atoms with van der Waals surface area (Å²) >= 11 is 0. The van der Waals surface area contributed by atoms with E-state index in [-0.39, 0.29) is 18.0 Å². The molecule has 0 saturated heterocycles. The molecule has 1 saturated carbocycles. The SMILES string of the molecule is NC(=NC1CCC1)N=C(N)Nc1cncc(F)c1. The van der Waals surface area contributed by atoms with Crippen molar-refractivity contribution in [1.82, 2.24) is 4.98 Å². The number of rotatable bonds is 2. The number of aliphatic imine (C=N–C) groups is 2. The first kappa shape index (κ1) is 12.3. The Bertz CT molecular complexity index is 480. The smallest absolute Gasteiger partial charge is 0.218 e. The Morgan fingerprint density at radius 1 is 1.39 bits per heavy atom. The highest BCUT2D eigenvalue weighted by molar-refractivity contribution is 6.00. The summed E-state index contributed by atoms with van der Waals surface area (Å²) in [6, 6.07) is 1.52. The predicted molar refractivity (Wildman–Crippen MR) is 68.7 cm³/mol. The van der Waals surface area contributed by atoms with Crippen molar-refractivity contribution in [2.45, 2.75) is 25.3 Å². The number of nitrogens with two attached hydrogens (primary N) is 2. The summed E-state index contributed by atoms with van der Waals surface area (Å²) in [5, 5.41) is 2.69. The molecular weight excluding hydrogens is 235 g/mol. The quantitative estimate of drug-likeness (QED) is 0.534. The van der Waals surface area contributed by atoms with Crippen molar-refractivity contribution < 1.29 is 4.39 Å². The lowest BCUT2D eigenvalue weighted by Gasteiger charge is -2.20. The number of pyridine rings is 1. The molecule has 0 amide bonds. The molecule has 6 nitrogen and oxygen atoms in total. The van der Waals surface area contributed by atoms with Crippen molar-refractivity contribution in [3.8, 4) is 0 Å². The average molecular weight is 250 g/mol. The average Bonchev–Trinajstić information content (AvgIpc) is 2.23. The van der Waals surface area contributed by atoms with Gasteiger partial charge in [-0.3, -0.25) is 4.98 Å². The molecule has 0 aliphatic heterocycles. The lowest BCUT2D eigenvalue weighted by molar-refractivity contribution is 0.419. The van der Waals surface area contributed by atoms with E-state index in [2.05, 4.69) is 20.3 Å². The van der Waals surface area contributed by atoms with Gasteiger partial charge in [0.15, 0.2) is 0 Å². The fourth-order valence-corrected chi connectivity index (χ4v) is 1.51. The van der Waals surface area contributed by atoms with Gasteiger partial charge in [0.1, 0.15) is 5.82 Å². The molecule has 1 heterocycles. The standard InChI is InChI=1S/C11H15FN6/c12-7-4-9(6-15-5-7)17-11(14)18-10(13)16-8-2-1-3-8/h4-6,8H,1-3H2,(H5,13,14,16,17,18). The Hall–Kier alpha value is -2.18. The molecule has 7 heteroatoms. The predicted octanol–water partition coefficient (Wildman–Crippen LogP) is 0.814. The maximum atomic E-state index is 12.9. The number of guanidine groups is 2. The van der Waals surface area contributed by atoms with Crippen molar-refractivity contribution in [1.29, 1.82) is 0 Å². The number of nitrogens with one attached hydrogen (secondary N) is 1. The summed E-state index contributed by atoms with van der Waals surface area (Å²) in [4.78, 5) is 11.7. The Kier molecular flexibility index (Phi) is 3.71. The van der Waals surface area contributed by atoms with Gasteiger partial charge in [-0.15, -0.1) is 0 Å². The van der Waals surface area contributed by atoms with E-state index < -0.39 is 5.82 Å². The van der Waals surface area contributed by atoms with E-state index in [4.69, 9.17) is 11.5 Å². The lowest BCUT2D eigenvalue weighted by atomic mass is 9.94. The molecule has 1 aromatic rings. The van der Waals surface area contributed by atoms with Crippen molar-refractivity contribution in [3.63, 3.8) is 0 Å². The Morgan fingerprint density at radius 2 is 2.17 bits per heavy atom. The minimum absolute atomic E-state index is 0.0583. The van der Waals surface area contributed by atoms with Crippen LogP contribution in [-0.2, 0) is 0 Å². The van der Waals surface area contributed by atoms with Crippen LogP contribution in [0.5, 0.6) is 0 Å². The minimum atomic E-state index is -0.455. The van der Waals surface area contributed by atoms with Crippen LogP contribution in [0.2, 0.25) is 0 Å². The fraction of sp³-hybridized carbons (Fsp3) is 0.364. The van der Waals surface area contributed by atoms with Crippen LogP contribution >= 0.6 is 0 Å². The van der Waals surface area contributed by atoms with Gasteiger partial charge in [-0.25, -0.2) is 9.38 Å². The summed E-state index contributed by atoms with van der Waals surface area (Å²) in [7, 11) is 0. The van der Waals surface area contributed by atoms with Crippen LogP contribution in [-0.4, -0.2) is 22.9 Å². The molecule has 1 aliphatic rings. The first-order chi connectivity index (χ1) is 8.63. The van der Waals surface area contributed by atoms with Crippen molar-refractivity contribution in [3.05, 3.63) is 24.3 Å². The molecule has 0 aromatic carbocycles. The molecule has 0 atom stereocenters. The number of hydrogen-bond donors (Lipinski definition) is 3. The monoisotopic (exact) mass is 250 g/mol. The van der Waals surface area contributed by atoms with Crippen LogP contribution in [0.25, 0.3) is 0 Å². The van der Waals surface area contributed by atoms with Gasteiger partial charge in [0.05, 0.1) is 24.1 Å². The zero-order valence-electron chi connectivity index (χ0n) is 9.81. The third-order valence-corrected chi connectivity index (χ3v) is 2.60. The topological polar surface area (TPSA) is 102 Å². The highest BCUT2D eigenvalue weighted by Gasteiger charge is 2.16. The first-order valence-corrected chi connectivity index (χ1v) is 5.68. The van der Waals surface area contributed by atoms with Gasteiger partial charge in [-0.05, 0) is 19.3 Å². The summed E-state index contributed by atoms with van der Waals surface area (Å²) in [5.41, 5.74) is 11.7. The molecule has 1 aromatic heterocycles. The van der Waals surface area contributed by atoms with Gasteiger partial charge in [0.2, 0.25) is 11.9 Å². The number of nitrogens with zero attached hydrogens (tertiary/aromatic N) is 3. The number of anilines is 1. The zero-order chi connectivity index (χ0) is 13.0. The molecule has 0 unspecified atom stereocenters. The largest absolute Gasteiger partial charge is 0.369 e. The van der Waals surface area contributed by atoms with E-state index in [1.54, 1.807) is 0 Å². The second kappa shape index (κ2) is 5.44. The normalized spacial score (nSPS) is 17.4. The van der Waals surface area contributed by atoms with Gasteiger partial charge < -0.3 is 16.8 Å². The molecular formula is C11H15FN6. The molecule has 0 bridgehead atoms. The van der Waals surface area contributed by atoms with E-state index in [1.165, 1.54) is 18.7 Å². The molecule has 18 heavy (non-hydrogen) atoms. The van der Waals surface area contributed by atoms with Gasteiger partial charge in [0.25, 0.3) is 0 Å².